The number of ether oxygens (including phenoxy) is 1. The van der Waals surface area contributed by atoms with E-state index in [0.717, 1.165) is 0 Å². The number of esters is 1. The molecule has 5 rings (SSSR count). The van der Waals surface area contributed by atoms with Crippen molar-refractivity contribution in [3.63, 3.8) is 0 Å². The number of hydrogen-bond acceptors (Lipinski definition) is 9. The number of fused-ring (bicyclic) bond motifs is 1. The maximum Gasteiger partial charge on any atom is 0.338 e. The molecule has 1 aromatic heterocycles. The van der Waals surface area contributed by atoms with Crippen molar-refractivity contribution >= 4 is 35.0 Å². The highest BCUT2D eigenvalue weighted by Crippen LogP contribution is 2.44. The zero-order valence-electron chi connectivity index (χ0n) is 24.1. The summed E-state index contributed by atoms with van der Waals surface area (Å²) >= 11 is 1.26. The average Bonchev–Trinajstić information content (AvgIpc) is 3.63. The molecular formula is C29H32F3N5O5S. The lowest BCUT2D eigenvalue weighted by atomic mass is 9.92. The molecule has 0 bridgehead atoms. The van der Waals surface area contributed by atoms with Gasteiger partial charge in [-0.25, -0.2) is 22.9 Å². The second-order valence-electron chi connectivity index (χ2n) is 11.5. The minimum Gasteiger partial charge on any atom is -0.481 e. The molecule has 230 valence electrons. The summed E-state index contributed by atoms with van der Waals surface area (Å²) in [6.45, 7) is 4.52. The smallest absolute Gasteiger partial charge is 0.338 e. The number of likely N-dealkylation sites (tertiary alicyclic amines) is 2. The van der Waals surface area contributed by atoms with Gasteiger partial charge >= 0.3 is 11.9 Å². The minimum absolute atomic E-state index is 0.0111. The Bertz CT molecular complexity index is 1510. The molecule has 3 aliphatic heterocycles. The van der Waals surface area contributed by atoms with E-state index >= 15 is 8.78 Å². The third-order valence-corrected chi connectivity index (χ3v) is 8.88. The summed E-state index contributed by atoms with van der Waals surface area (Å²) < 4.78 is 50.9. The van der Waals surface area contributed by atoms with Gasteiger partial charge < -0.3 is 20.1 Å². The molecule has 43 heavy (non-hydrogen) atoms. The van der Waals surface area contributed by atoms with E-state index in [2.05, 4.69) is 10.3 Å². The number of carboxylic acid groups (broad SMARTS) is 1. The van der Waals surface area contributed by atoms with Crippen LogP contribution in [0.5, 0.6) is 0 Å². The van der Waals surface area contributed by atoms with Crippen LogP contribution in [-0.4, -0.2) is 88.3 Å². The molecule has 4 heterocycles. The third kappa shape index (κ3) is 5.65. The fraction of sp³-hybridized carbons (Fsp3) is 0.483. The highest BCUT2D eigenvalue weighted by Gasteiger charge is 2.62. The van der Waals surface area contributed by atoms with E-state index in [9.17, 15) is 23.9 Å². The van der Waals surface area contributed by atoms with Crippen LogP contribution in [0.4, 0.5) is 13.2 Å². The second kappa shape index (κ2) is 11.4. The van der Waals surface area contributed by atoms with Crippen molar-refractivity contribution in [2.75, 3.05) is 32.8 Å². The Morgan fingerprint density at radius 1 is 1.30 bits per heavy atom. The van der Waals surface area contributed by atoms with Gasteiger partial charge in [-0.3, -0.25) is 19.5 Å². The van der Waals surface area contributed by atoms with Gasteiger partial charge in [0.2, 0.25) is 5.91 Å². The molecule has 0 unspecified atom stereocenters. The number of benzene rings is 1. The van der Waals surface area contributed by atoms with Gasteiger partial charge in [-0.2, -0.15) is 0 Å². The van der Waals surface area contributed by atoms with Crippen LogP contribution in [0.25, 0.3) is 0 Å². The number of amides is 1. The highest BCUT2D eigenvalue weighted by molar-refractivity contribution is 7.11. The normalized spacial score (nSPS) is 23.7. The van der Waals surface area contributed by atoms with Crippen molar-refractivity contribution in [1.82, 2.24) is 20.1 Å². The highest BCUT2D eigenvalue weighted by atomic mass is 32.1. The number of nitrogens with one attached hydrogen (secondary N) is 1. The molecule has 3 atom stereocenters. The number of halogens is 3. The predicted molar refractivity (Wildman–Crippen MR) is 151 cm³/mol. The summed E-state index contributed by atoms with van der Waals surface area (Å²) in [6.07, 6.45) is 1.56. The van der Waals surface area contributed by atoms with E-state index in [4.69, 9.17) is 9.73 Å². The van der Waals surface area contributed by atoms with Crippen LogP contribution in [-0.2, 0) is 19.1 Å². The summed E-state index contributed by atoms with van der Waals surface area (Å²) in [7, 11) is 0. The Morgan fingerprint density at radius 2 is 2.05 bits per heavy atom. The fourth-order valence-electron chi connectivity index (χ4n) is 5.86. The number of carbonyl (C=O) groups is 3. The number of amidine groups is 1. The van der Waals surface area contributed by atoms with Crippen molar-refractivity contribution in [1.29, 1.82) is 0 Å². The van der Waals surface area contributed by atoms with Gasteiger partial charge in [0, 0.05) is 36.9 Å². The Hall–Kier alpha value is -3.78. The molecule has 0 spiro atoms. The number of aliphatic imine (C=N–C) groups is 1. The number of hydrogen-bond donors (Lipinski definition) is 2. The van der Waals surface area contributed by atoms with Crippen LogP contribution in [0, 0.1) is 24.1 Å². The Labute approximate surface area is 250 Å². The van der Waals surface area contributed by atoms with Gasteiger partial charge in [-0.05, 0) is 44.9 Å². The number of carbonyl (C=O) groups excluding carboxylic acids is 2. The van der Waals surface area contributed by atoms with Crippen LogP contribution >= 0.6 is 11.3 Å². The molecule has 2 saturated heterocycles. The van der Waals surface area contributed by atoms with Gasteiger partial charge in [0.1, 0.15) is 17.9 Å². The zero-order valence-corrected chi connectivity index (χ0v) is 24.9. The van der Waals surface area contributed by atoms with Crippen LogP contribution in [0.15, 0.2) is 46.0 Å². The predicted octanol–water partition coefficient (Wildman–Crippen LogP) is 3.39. The Morgan fingerprint density at radius 3 is 2.70 bits per heavy atom. The van der Waals surface area contributed by atoms with E-state index < -0.39 is 59.5 Å². The van der Waals surface area contributed by atoms with Gasteiger partial charge in [-0.1, -0.05) is 12.1 Å². The zero-order chi connectivity index (χ0) is 31.3. The van der Waals surface area contributed by atoms with E-state index in [1.165, 1.54) is 47.1 Å². The van der Waals surface area contributed by atoms with Crippen molar-refractivity contribution in [3.8, 4) is 0 Å². The first-order chi connectivity index (χ1) is 20.2. The lowest BCUT2D eigenvalue weighted by molar-refractivity contribution is -0.149. The van der Waals surface area contributed by atoms with Crippen molar-refractivity contribution in [2.24, 2.45) is 16.3 Å². The second-order valence-corrected chi connectivity index (χ2v) is 12.4. The maximum absolute atomic E-state index is 15.4. The average molecular weight is 620 g/mol. The van der Waals surface area contributed by atoms with E-state index in [-0.39, 0.29) is 48.9 Å². The maximum atomic E-state index is 15.4. The first kappa shape index (κ1) is 30.7. The van der Waals surface area contributed by atoms with Crippen molar-refractivity contribution in [2.45, 2.75) is 45.7 Å². The molecule has 0 aliphatic carbocycles. The van der Waals surface area contributed by atoms with Crippen LogP contribution in [0.3, 0.4) is 0 Å². The molecular weight excluding hydrogens is 587 g/mol. The monoisotopic (exact) mass is 619 g/mol. The molecule has 0 saturated carbocycles. The molecule has 1 aromatic carbocycles. The Balaban J connectivity index is 1.57. The summed E-state index contributed by atoms with van der Waals surface area (Å²) in [5.74, 6) is -7.38. The molecule has 3 aliphatic rings. The number of rotatable bonds is 9. The SMILES string of the molecule is CCOC(=O)C1=C(CN2CC(F)(F)[C@@H]3CN(CC(C)(C)C(=O)O)C(=O)[C@@H]32)NC(c2nccs2)=N[C@H]1c1cccc(F)c1C. The van der Waals surface area contributed by atoms with Crippen molar-refractivity contribution in [3.05, 3.63) is 63.0 Å². The van der Waals surface area contributed by atoms with Crippen LogP contribution in [0.1, 0.15) is 42.9 Å². The molecule has 10 nitrogen and oxygen atoms in total. The number of alkyl halides is 2. The van der Waals surface area contributed by atoms with E-state index in [1.54, 1.807) is 31.5 Å². The minimum atomic E-state index is -3.26. The first-order valence-corrected chi connectivity index (χ1v) is 14.7. The summed E-state index contributed by atoms with van der Waals surface area (Å²) in [6, 6.07) is 2.13. The van der Waals surface area contributed by atoms with Gasteiger partial charge in [0.25, 0.3) is 5.92 Å². The lowest BCUT2D eigenvalue weighted by Gasteiger charge is -2.32. The molecule has 0 radical (unpaired) electrons. The standard InChI is InChI=1S/C29H32F3N5O5S/c1-5-42-26(39)20-19(34-23(24-33-9-10-43-24)35-21(20)16-7-6-8-18(30)15(16)2)12-36-14-29(31,32)17-11-37(25(38)22(17)36)13-28(3,4)27(40)41/h6-10,17,21-22H,5,11-14H2,1-4H3,(H,34,35)(H,40,41)/t17-,21+,22-/m1/s1. The quantitative estimate of drug-likeness (QED) is 0.410. The number of thiazole rings is 1. The molecule has 1 amide bonds. The van der Waals surface area contributed by atoms with Crippen LogP contribution < -0.4 is 5.32 Å². The summed E-state index contributed by atoms with van der Waals surface area (Å²) in [4.78, 5) is 50.2. The molecule has 2 N–H and O–H groups in total. The largest absolute Gasteiger partial charge is 0.481 e. The van der Waals surface area contributed by atoms with Gasteiger partial charge in [0.15, 0.2) is 10.8 Å². The fourth-order valence-corrected chi connectivity index (χ4v) is 6.44. The number of aliphatic carboxylic acids is 1. The third-order valence-electron chi connectivity index (χ3n) is 8.10. The number of aromatic nitrogens is 1. The Kier molecular flexibility index (Phi) is 8.11. The van der Waals surface area contributed by atoms with Gasteiger partial charge in [0.05, 0.1) is 30.1 Å². The molecule has 2 fully saturated rings. The number of nitrogens with zero attached hydrogens (tertiary/aromatic N) is 4. The molecule has 14 heteroatoms. The van der Waals surface area contributed by atoms with Gasteiger partial charge in [-0.15, -0.1) is 11.3 Å². The first-order valence-electron chi connectivity index (χ1n) is 13.8. The summed E-state index contributed by atoms with van der Waals surface area (Å²) in [5, 5.41) is 14.8. The topological polar surface area (TPSA) is 124 Å². The van der Waals surface area contributed by atoms with E-state index in [0.29, 0.717) is 10.6 Å². The van der Waals surface area contributed by atoms with E-state index in [1.807, 2.05) is 0 Å². The summed E-state index contributed by atoms with van der Waals surface area (Å²) in [5.41, 5.74) is -0.501. The van der Waals surface area contributed by atoms with Crippen molar-refractivity contribution < 1.29 is 37.4 Å². The molecule has 2 aromatic rings. The number of carboxylic acids is 1. The van der Waals surface area contributed by atoms with Crippen LogP contribution in [0.2, 0.25) is 0 Å². The lowest BCUT2D eigenvalue weighted by Crippen LogP contribution is -2.47.